The van der Waals surface area contributed by atoms with E-state index in [9.17, 15) is 0 Å². The largest absolute Gasteiger partial charge is 0.368 e. The quantitative estimate of drug-likeness (QED) is 0.808. The van der Waals surface area contributed by atoms with E-state index in [1.54, 1.807) is 12.5 Å². The van der Waals surface area contributed by atoms with Gasteiger partial charge in [-0.15, -0.1) is 0 Å². The number of hydrogen-bond acceptors (Lipinski definition) is 4. The maximum Gasteiger partial charge on any atom is 0.154 e. The summed E-state index contributed by atoms with van der Waals surface area (Å²) in [6.07, 6.45) is 4.51. The Morgan fingerprint density at radius 1 is 1.50 bits per heavy atom. The smallest absolute Gasteiger partial charge is 0.154 e. The molecule has 2 aromatic rings. The first-order valence-electron chi connectivity index (χ1n) is 5.44. The molecule has 0 aliphatic rings. The van der Waals surface area contributed by atoms with E-state index in [1.807, 2.05) is 24.6 Å². The topological polar surface area (TPSA) is 68.8 Å². The molecule has 2 heterocycles. The lowest BCUT2D eigenvalue weighted by atomic mass is 10.2. The fourth-order valence-corrected chi connectivity index (χ4v) is 1.61. The molecule has 2 rings (SSSR count). The van der Waals surface area contributed by atoms with Gasteiger partial charge in [-0.3, -0.25) is 0 Å². The summed E-state index contributed by atoms with van der Waals surface area (Å²) in [6.45, 7) is 2.82. The monoisotopic (exact) mass is 219 g/mol. The van der Waals surface area contributed by atoms with Crippen LogP contribution in [0.2, 0.25) is 0 Å². The van der Waals surface area contributed by atoms with Crippen LogP contribution in [0.15, 0.2) is 18.6 Å². The zero-order valence-electron chi connectivity index (χ0n) is 9.64. The van der Waals surface area contributed by atoms with Crippen LogP contribution < -0.4 is 11.1 Å². The van der Waals surface area contributed by atoms with Crippen LogP contribution in [0.5, 0.6) is 0 Å². The van der Waals surface area contributed by atoms with Crippen LogP contribution in [-0.2, 0) is 7.05 Å². The number of aryl methyl sites for hydroxylation is 1. The van der Waals surface area contributed by atoms with Crippen LogP contribution in [0.25, 0.3) is 11.0 Å². The highest BCUT2D eigenvalue weighted by molar-refractivity contribution is 5.85. The minimum atomic E-state index is 0.204. The summed E-state index contributed by atoms with van der Waals surface area (Å²) in [7, 11) is 1.97. The van der Waals surface area contributed by atoms with E-state index in [0.29, 0.717) is 0 Å². The molecule has 5 heteroatoms. The van der Waals surface area contributed by atoms with Crippen molar-refractivity contribution in [3.63, 3.8) is 0 Å². The van der Waals surface area contributed by atoms with Gasteiger partial charge in [-0.1, -0.05) is 0 Å². The Hall–Kier alpha value is -1.62. The molecule has 0 amide bonds. The normalized spacial score (nSPS) is 12.9. The first-order valence-corrected chi connectivity index (χ1v) is 5.44. The zero-order valence-corrected chi connectivity index (χ0v) is 9.64. The van der Waals surface area contributed by atoms with Crippen molar-refractivity contribution in [2.45, 2.75) is 19.4 Å². The number of nitrogens with one attached hydrogen (secondary N) is 1. The lowest BCUT2D eigenvalue weighted by Gasteiger charge is -2.07. The summed E-state index contributed by atoms with van der Waals surface area (Å²) in [4.78, 5) is 8.61. The number of anilines is 1. The molecule has 0 saturated heterocycles. The Balaban J connectivity index is 2.17. The molecule has 0 aromatic carbocycles. The lowest BCUT2D eigenvalue weighted by Crippen LogP contribution is -2.19. The van der Waals surface area contributed by atoms with Gasteiger partial charge in [0.25, 0.3) is 0 Å². The fourth-order valence-electron chi connectivity index (χ4n) is 1.61. The average molecular weight is 219 g/mol. The molecule has 0 aliphatic carbocycles. The molecule has 2 aromatic heterocycles. The number of imidazole rings is 1. The second-order valence-electron chi connectivity index (χ2n) is 4.08. The highest BCUT2D eigenvalue weighted by Crippen LogP contribution is 2.18. The Morgan fingerprint density at radius 2 is 2.31 bits per heavy atom. The maximum atomic E-state index is 5.69. The number of pyridine rings is 1. The van der Waals surface area contributed by atoms with Crippen molar-refractivity contribution < 1.29 is 0 Å². The number of fused-ring (bicyclic) bond motifs is 1. The second-order valence-corrected chi connectivity index (χ2v) is 4.08. The van der Waals surface area contributed by atoms with E-state index in [1.165, 1.54) is 0 Å². The molecular formula is C11H17N5. The van der Waals surface area contributed by atoms with Gasteiger partial charge in [0.2, 0.25) is 0 Å². The molecule has 0 spiro atoms. The van der Waals surface area contributed by atoms with Crippen molar-refractivity contribution in [2.75, 3.05) is 11.9 Å². The number of aromatic nitrogens is 3. The van der Waals surface area contributed by atoms with E-state index < -0.39 is 0 Å². The summed E-state index contributed by atoms with van der Waals surface area (Å²) in [5, 5.41) is 3.27. The summed E-state index contributed by atoms with van der Waals surface area (Å²) in [5.74, 6) is 0.832. The molecule has 0 radical (unpaired) electrons. The summed E-state index contributed by atoms with van der Waals surface area (Å²) in [5.41, 5.74) is 7.69. The van der Waals surface area contributed by atoms with Gasteiger partial charge in [0.05, 0.1) is 11.8 Å². The van der Waals surface area contributed by atoms with Crippen molar-refractivity contribution in [1.82, 2.24) is 14.5 Å². The van der Waals surface area contributed by atoms with Gasteiger partial charge in [0.15, 0.2) is 5.82 Å². The Kier molecular flexibility index (Phi) is 3.05. The van der Waals surface area contributed by atoms with Crippen molar-refractivity contribution >= 4 is 16.9 Å². The third-order valence-corrected chi connectivity index (χ3v) is 2.54. The van der Waals surface area contributed by atoms with Gasteiger partial charge in [-0.2, -0.15) is 0 Å². The zero-order chi connectivity index (χ0) is 11.5. The summed E-state index contributed by atoms with van der Waals surface area (Å²) >= 11 is 0. The average Bonchev–Trinajstić information content (AvgIpc) is 2.61. The van der Waals surface area contributed by atoms with Gasteiger partial charge in [-0.25, -0.2) is 9.97 Å². The van der Waals surface area contributed by atoms with Crippen molar-refractivity contribution in [2.24, 2.45) is 12.8 Å². The minimum Gasteiger partial charge on any atom is -0.368 e. The number of nitrogens with zero attached hydrogens (tertiary/aromatic N) is 3. The Bertz CT molecular complexity index is 474. The van der Waals surface area contributed by atoms with E-state index >= 15 is 0 Å². The van der Waals surface area contributed by atoms with Gasteiger partial charge < -0.3 is 15.6 Å². The van der Waals surface area contributed by atoms with Crippen LogP contribution in [0, 0.1) is 0 Å². The fraction of sp³-hybridized carbons (Fsp3) is 0.455. The molecule has 5 nitrogen and oxygen atoms in total. The standard InChI is InChI=1S/C11H17N5/c1-8(12)3-5-13-11-10-9(4-6-14-11)16(2)7-15-10/h4,6-8H,3,5,12H2,1-2H3,(H,13,14). The molecule has 0 bridgehead atoms. The van der Waals surface area contributed by atoms with E-state index in [-0.39, 0.29) is 6.04 Å². The molecule has 1 unspecified atom stereocenters. The molecule has 0 fully saturated rings. The highest BCUT2D eigenvalue weighted by atomic mass is 15.1. The van der Waals surface area contributed by atoms with E-state index in [0.717, 1.165) is 29.8 Å². The van der Waals surface area contributed by atoms with Crippen molar-refractivity contribution in [3.8, 4) is 0 Å². The summed E-state index contributed by atoms with van der Waals surface area (Å²) in [6, 6.07) is 2.16. The maximum absolute atomic E-state index is 5.69. The van der Waals surface area contributed by atoms with Gasteiger partial charge >= 0.3 is 0 Å². The second kappa shape index (κ2) is 4.49. The van der Waals surface area contributed by atoms with Gasteiger partial charge in [0, 0.05) is 25.8 Å². The van der Waals surface area contributed by atoms with Crippen LogP contribution in [0.3, 0.4) is 0 Å². The molecule has 1 atom stereocenters. The number of rotatable bonds is 4. The third-order valence-electron chi connectivity index (χ3n) is 2.54. The van der Waals surface area contributed by atoms with Gasteiger partial charge in [-0.05, 0) is 19.4 Å². The first kappa shape index (κ1) is 10.9. The third kappa shape index (κ3) is 2.14. The minimum absolute atomic E-state index is 0.204. The van der Waals surface area contributed by atoms with Crippen molar-refractivity contribution in [3.05, 3.63) is 18.6 Å². The Morgan fingerprint density at radius 3 is 3.06 bits per heavy atom. The highest BCUT2D eigenvalue weighted by Gasteiger charge is 2.06. The molecule has 3 N–H and O–H groups in total. The van der Waals surface area contributed by atoms with Crippen LogP contribution in [0.1, 0.15) is 13.3 Å². The van der Waals surface area contributed by atoms with Crippen LogP contribution >= 0.6 is 0 Å². The predicted octanol–water partition coefficient (Wildman–Crippen LogP) is 1.12. The molecular weight excluding hydrogens is 202 g/mol. The first-order chi connectivity index (χ1) is 7.68. The SMILES string of the molecule is CC(N)CCNc1nccc2c1ncn2C. The molecule has 86 valence electrons. The molecule has 0 aliphatic heterocycles. The van der Waals surface area contributed by atoms with Crippen LogP contribution in [-0.4, -0.2) is 27.1 Å². The molecule has 0 saturated carbocycles. The summed E-state index contributed by atoms with van der Waals surface area (Å²) < 4.78 is 1.98. The lowest BCUT2D eigenvalue weighted by molar-refractivity contribution is 0.689. The number of hydrogen-bond donors (Lipinski definition) is 2. The predicted molar refractivity (Wildman–Crippen MR) is 65.3 cm³/mol. The Labute approximate surface area is 94.7 Å². The van der Waals surface area contributed by atoms with E-state index in [2.05, 4.69) is 15.3 Å². The van der Waals surface area contributed by atoms with E-state index in [4.69, 9.17) is 5.73 Å². The van der Waals surface area contributed by atoms with Crippen molar-refractivity contribution in [1.29, 1.82) is 0 Å². The van der Waals surface area contributed by atoms with Gasteiger partial charge in [0.1, 0.15) is 5.52 Å². The molecule has 16 heavy (non-hydrogen) atoms. The van der Waals surface area contributed by atoms with Crippen LogP contribution in [0.4, 0.5) is 5.82 Å². The number of nitrogens with two attached hydrogens (primary N) is 1.